The van der Waals surface area contributed by atoms with Gasteiger partial charge in [-0.2, -0.15) is 0 Å². The van der Waals surface area contributed by atoms with Crippen LogP contribution in [0.25, 0.3) is 0 Å². The van der Waals surface area contributed by atoms with E-state index >= 15 is 0 Å². The summed E-state index contributed by atoms with van der Waals surface area (Å²) in [4.78, 5) is 16.1. The van der Waals surface area contributed by atoms with Crippen molar-refractivity contribution in [3.63, 3.8) is 0 Å². The number of nitrogens with one attached hydrogen (secondary N) is 2. The highest BCUT2D eigenvalue weighted by molar-refractivity contribution is 6.34. The lowest BCUT2D eigenvalue weighted by molar-refractivity contribution is -0.122. The van der Waals surface area contributed by atoms with E-state index in [4.69, 9.17) is 23.2 Å². The number of carbonyl (C=O) groups excluding carboxylic acids is 1. The van der Waals surface area contributed by atoms with E-state index in [1.165, 1.54) is 19.3 Å². The maximum absolute atomic E-state index is 12.1. The zero-order valence-electron chi connectivity index (χ0n) is 11.5. The molecule has 1 aliphatic rings. The average molecular weight is 316 g/mol. The summed E-state index contributed by atoms with van der Waals surface area (Å²) < 4.78 is 0. The van der Waals surface area contributed by atoms with Crippen molar-refractivity contribution in [3.8, 4) is 0 Å². The fourth-order valence-electron chi connectivity index (χ4n) is 2.39. The number of rotatable bonds is 4. The van der Waals surface area contributed by atoms with Crippen molar-refractivity contribution in [1.82, 2.24) is 10.3 Å². The van der Waals surface area contributed by atoms with Gasteiger partial charge in [-0.3, -0.25) is 4.79 Å². The Labute approximate surface area is 129 Å². The third kappa shape index (κ3) is 4.25. The van der Waals surface area contributed by atoms with E-state index in [0.717, 1.165) is 12.8 Å². The number of aromatic nitrogens is 1. The second kappa shape index (κ2) is 7.14. The van der Waals surface area contributed by atoms with Gasteiger partial charge in [0.2, 0.25) is 5.91 Å². The lowest BCUT2D eigenvalue weighted by Gasteiger charge is -2.25. The van der Waals surface area contributed by atoms with Crippen LogP contribution < -0.4 is 10.6 Å². The first-order chi connectivity index (χ1) is 9.56. The van der Waals surface area contributed by atoms with E-state index in [9.17, 15) is 4.79 Å². The van der Waals surface area contributed by atoms with Gasteiger partial charge < -0.3 is 10.6 Å². The summed E-state index contributed by atoms with van der Waals surface area (Å²) in [6.45, 7) is 1.81. The number of amides is 1. The monoisotopic (exact) mass is 315 g/mol. The van der Waals surface area contributed by atoms with Crippen molar-refractivity contribution in [2.24, 2.45) is 0 Å². The van der Waals surface area contributed by atoms with Crippen molar-refractivity contribution in [2.45, 2.75) is 51.1 Å². The van der Waals surface area contributed by atoms with Crippen LogP contribution in [-0.2, 0) is 4.79 Å². The second-order valence-corrected chi connectivity index (χ2v) is 5.93. The summed E-state index contributed by atoms with van der Waals surface area (Å²) in [7, 11) is 0. The fraction of sp³-hybridized carbons (Fsp3) is 0.571. The lowest BCUT2D eigenvalue weighted by atomic mass is 9.95. The van der Waals surface area contributed by atoms with Gasteiger partial charge in [-0.05, 0) is 31.9 Å². The van der Waals surface area contributed by atoms with E-state index < -0.39 is 0 Å². The smallest absolute Gasteiger partial charge is 0.242 e. The molecule has 1 fully saturated rings. The van der Waals surface area contributed by atoms with Crippen LogP contribution in [0.15, 0.2) is 12.1 Å². The molecule has 1 aromatic heterocycles. The summed E-state index contributed by atoms with van der Waals surface area (Å²) >= 11 is 11.7. The predicted molar refractivity (Wildman–Crippen MR) is 82.4 cm³/mol. The number of anilines is 1. The molecule has 1 atom stereocenters. The standard InChI is InChI=1S/C14H19Cl2N3O/c1-9(14(20)18-10-5-3-2-4-6-10)17-11-7-8-12(15)19-13(11)16/h7-10,17H,2-6H2,1H3,(H,18,20)/t9-/m1/s1. The largest absolute Gasteiger partial charge is 0.371 e. The predicted octanol–water partition coefficient (Wildman–Crippen LogP) is 3.64. The van der Waals surface area contributed by atoms with Crippen LogP contribution in [0.2, 0.25) is 10.3 Å². The molecule has 0 spiro atoms. The third-order valence-electron chi connectivity index (χ3n) is 3.53. The molecule has 1 heterocycles. The molecule has 1 aliphatic carbocycles. The van der Waals surface area contributed by atoms with Crippen LogP contribution in [0.3, 0.4) is 0 Å². The van der Waals surface area contributed by atoms with Crippen LogP contribution in [0.4, 0.5) is 5.69 Å². The van der Waals surface area contributed by atoms with Crippen molar-refractivity contribution < 1.29 is 4.79 Å². The highest BCUT2D eigenvalue weighted by atomic mass is 35.5. The fourth-order valence-corrected chi connectivity index (χ4v) is 2.79. The Kier molecular flexibility index (Phi) is 5.49. The minimum Gasteiger partial charge on any atom is -0.371 e. The molecule has 2 N–H and O–H groups in total. The van der Waals surface area contributed by atoms with Gasteiger partial charge >= 0.3 is 0 Å². The number of pyridine rings is 1. The number of carbonyl (C=O) groups is 1. The van der Waals surface area contributed by atoms with Gasteiger partial charge in [-0.15, -0.1) is 0 Å². The maximum Gasteiger partial charge on any atom is 0.242 e. The average Bonchev–Trinajstić information content (AvgIpc) is 2.43. The molecule has 0 bridgehead atoms. The third-order valence-corrected chi connectivity index (χ3v) is 4.03. The molecule has 110 valence electrons. The molecule has 0 saturated heterocycles. The highest BCUT2D eigenvalue weighted by Crippen LogP contribution is 2.22. The Morgan fingerprint density at radius 3 is 2.65 bits per heavy atom. The molecule has 6 heteroatoms. The molecule has 1 saturated carbocycles. The SMILES string of the molecule is C[C@@H](Nc1ccc(Cl)nc1Cl)C(=O)NC1CCCCC1. The van der Waals surface area contributed by atoms with Crippen molar-refractivity contribution in [2.75, 3.05) is 5.32 Å². The van der Waals surface area contributed by atoms with Crippen LogP contribution in [-0.4, -0.2) is 23.0 Å². The molecule has 1 aromatic rings. The van der Waals surface area contributed by atoms with E-state index in [-0.39, 0.29) is 17.1 Å². The molecule has 2 rings (SSSR count). The number of nitrogens with zero attached hydrogens (tertiary/aromatic N) is 1. The van der Waals surface area contributed by atoms with Crippen molar-refractivity contribution >= 4 is 34.8 Å². The molecule has 4 nitrogen and oxygen atoms in total. The molecule has 0 radical (unpaired) electrons. The summed E-state index contributed by atoms with van der Waals surface area (Å²) in [5, 5.41) is 6.75. The van der Waals surface area contributed by atoms with Crippen LogP contribution in [0.1, 0.15) is 39.0 Å². The number of hydrogen-bond acceptors (Lipinski definition) is 3. The first-order valence-electron chi connectivity index (χ1n) is 6.95. The first kappa shape index (κ1) is 15.4. The highest BCUT2D eigenvalue weighted by Gasteiger charge is 2.20. The summed E-state index contributed by atoms with van der Waals surface area (Å²) in [6.07, 6.45) is 5.80. The van der Waals surface area contributed by atoms with Gasteiger partial charge in [0.1, 0.15) is 11.2 Å². The number of hydrogen-bond donors (Lipinski definition) is 2. The second-order valence-electron chi connectivity index (χ2n) is 5.18. The van der Waals surface area contributed by atoms with Gasteiger partial charge in [0.05, 0.1) is 5.69 Å². The quantitative estimate of drug-likeness (QED) is 0.834. The zero-order chi connectivity index (χ0) is 14.5. The summed E-state index contributed by atoms with van der Waals surface area (Å²) in [6, 6.07) is 3.31. The van der Waals surface area contributed by atoms with Crippen molar-refractivity contribution in [1.29, 1.82) is 0 Å². The summed E-state index contributed by atoms with van der Waals surface area (Å²) in [5.74, 6) is -0.0112. The van der Waals surface area contributed by atoms with Gasteiger partial charge in [-0.1, -0.05) is 42.5 Å². The van der Waals surface area contributed by atoms with E-state index in [1.807, 2.05) is 6.92 Å². The molecule has 0 aliphatic heterocycles. The van der Waals surface area contributed by atoms with E-state index in [0.29, 0.717) is 16.9 Å². The Morgan fingerprint density at radius 2 is 2.00 bits per heavy atom. The molecule has 0 unspecified atom stereocenters. The Balaban J connectivity index is 1.89. The molecule has 0 aromatic carbocycles. The minimum absolute atomic E-state index is 0.0112. The Bertz CT molecular complexity index is 475. The van der Waals surface area contributed by atoms with Crippen LogP contribution in [0.5, 0.6) is 0 Å². The van der Waals surface area contributed by atoms with Gasteiger partial charge in [0.15, 0.2) is 5.15 Å². The van der Waals surface area contributed by atoms with Crippen molar-refractivity contribution in [3.05, 3.63) is 22.4 Å². The summed E-state index contributed by atoms with van der Waals surface area (Å²) in [5.41, 5.74) is 0.613. The molecule has 20 heavy (non-hydrogen) atoms. The van der Waals surface area contributed by atoms with E-state index in [1.54, 1.807) is 12.1 Å². The normalized spacial score (nSPS) is 17.6. The molecule has 1 amide bonds. The molecular weight excluding hydrogens is 297 g/mol. The zero-order valence-corrected chi connectivity index (χ0v) is 13.0. The minimum atomic E-state index is -0.364. The topological polar surface area (TPSA) is 54.0 Å². The molecular formula is C14H19Cl2N3O. The van der Waals surface area contributed by atoms with E-state index in [2.05, 4.69) is 15.6 Å². The van der Waals surface area contributed by atoms with Crippen LogP contribution in [0, 0.1) is 0 Å². The Morgan fingerprint density at radius 1 is 1.30 bits per heavy atom. The maximum atomic E-state index is 12.1. The Hall–Kier alpha value is -1.00. The van der Waals surface area contributed by atoms with Crippen LogP contribution >= 0.6 is 23.2 Å². The van der Waals surface area contributed by atoms with Gasteiger partial charge in [0, 0.05) is 6.04 Å². The number of halogens is 2. The first-order valence-corrected chi connectivity index (χ1v) is 7.71. The van der Waals surface area contributed by atoms with Gasteiger partial charge in [0.25, 0.3) is 0 Å². The lowest BCUT2D eigenvalue weighted by Crippen LogP contribution is -2.44. The van der Waals surface area contributed by atoms with Gasteiger partial charge in [-0.25, -0.2) is 4.98 Å².